The van der Waals surface area contributed by atoms with E-state index in [-0.39, 0.29) is 5.97 Å². The lowest BCUT2D eigenvalue weighted by molar-refractivity contribution is -0.142. The van der Waals surface area contributed by atoms with Crippen molar-refractivity contribution in [1.29, 1.82) is 0 Å². The quantitative estimate of drug-likeness (QED) is 0.739. The molecule has 0 fully saturated rings. The molecule has 4 unspecified atom stereocenters. The topological polar surface area (TPSA) is 64.7 Å². The van der Waals surface area contributed by atoms with E-state index in [9.17, 15) is 4.79 Å². The molecule has 4 nitrogen and oxygen atoms in total. The molecule has 1 rings (SSSR count). The zero-order valence-electron chi connectivity index (χ0n) is 11.8. The second-order valence-electron chi connectivity index (χ2n) is 5.35. The van der Waals surface area contributed by atoms with Crippen molar-refractivity contribution in [2.45, 2.75) is 58.0 Å². The predicted octanol–water partition coefficient (Wildman–Crippen LogP) is 2.16. The molecule has 0 aromatic rings. The van der Waals surface area contributed by atoms with Crippen LogP contribution in [0.5, 0.6) is 0 Å². The molecule has 0 saturated heterocycles. The van der Waals surface area contributed by atoms with E-state index in [0.717, 1.165) is 6.42 Å². The molecular formula is C14H26N2O2. The number of unbranched alkanes of at least 4 members (excludes halogenated alkanes) is 1. The van der Waals surface area contributed by atoms with Gasteiger partial charge in [-0.2, -0.15) is 0 Å². The third kappa shape index (κ3) is 4.41. The Kier molecular flexibility index (Phi) is 6.33. The number of esters is 1. The normalized spacial score (nSPS) is 29.0. The maximum Gasteiger partial charge on any atom is 0.322 e. The highest BCUT2D eigenvalue weighted by molar-refractivity contribution is 5.76. The Morgan fingerprint density at radius 3 is 2.89 bits per heavy atom. The van der Waals surface area contributed by atoms with Crippen molar-refractivity contribution in [2.24, 2.45) is 22.6 Å². The number of methoxy groups -OCH3 is 1. The highest BCUT2D eigenvalue weighted by Gasteiger charge is 2.27. The van der Waals surface area contributed by atoms with E-state index in [1.165, 1.54) is 26.4 Å². The number of carbonyl (C=O) groups excluding carboxylic acids is 1. The molecule has 1 heterocycles. The van der Waals surface area contributed by atoms with E-state index in [1.807, 2.05) is 6.21 Å². The Labute approximate surface area is 110 Å². The minimum atomic E-state index is -0.522. The first-order valence-corrected chi connectivity index (χ1v) is 6.95. The first-order chi connectivity index (χ1) is 8.58. The lowest BCUT2D eigenvalue weighted by atomic mass is 9.83. The standard InChI is InChI=1S/C14H26N2O2/c1-4-5-6-13-10(2)7-11(9-16-13)8-12(15)14(17)18-3/h9-13H,4-8,15H2,1-3H3. The van der Waals surface area contributed by atoms with Crippen LogP contribution in [-0.2, 0) is 9.53 Å². The van der Waals surface area contributed by atoms with Crippen LogP contribution in [0.1, 0.15) is 46.0 Å². The van der Waals surface area contributed by atoms with Gasteiger partial charge < -0.3 is 10.5 Å². The summed E-state index contributed by atoms with van der Waals surface area (Å²) >= 11 is 0. The van der Waals surface area contributed by atoms with Gasteiger partial charge in [0.2, 0.25) is 0 Å². The van der Waals surface area contributed by atoms with Crippen LogP contribution in [-0.4, -0.2) is 31.4 Å². The van der Waals surface area contributed by atoms with Crippen molar-refractivity contribution < 1.29 is 9.53 Å². The number of hydrogen-bond donors (Lipinski definition) is 1. The number of ether oxygens (including phenoxy) is 1. The molecule has 0 saturated carbocycles. The van der Waals surface area contributed by atoms with E-state index in [0.29, 0.717) is 24.3 Å². The number of aliphatic imine (C=N–C) groups is 1. The molecule has 18 heavy (non-hydrogen) atoms. The van der Waals surface area contributed by atoms with Crippen molar-refractivity contribution in [3.63, 3.8) is 0 Å². The van der Waals surface area contributed by atoms with Crippen LogP contribution in [0.4, 0.5) is 0 Å². The van der Waals surface area contributed by atoms with E-state index in [2.05, 4.69) is 23.6 Å². The third-order valence-electron chi connectivity index (χ3n) is 3.73. The summed E-state index contributed by atoms with van der Waals surface area (Å²) in [6.07, 6.45) is 7.34. The zero-order valence-corrected chi connectivity index (χ0v) is 11.8. The fourth-order valence-corrected chi connectivity index (χ4v) is 2.58. The monoisotopic (exact) mass is 254 g/mol. The van der Waals surface area contributed by atoms with Gasteiger partial charge in [0.1, 0.15) is 6.04 Å². The number of nitrogens with zero attached hydrogens (tertiary/aromatic N) is 1. The summed E-state index contributed by atoms with van der Waals surface area (Å²) in [5.74, 6) is 0.563. The van der Waals surface area contributed by atoms with Gasteiger partial charge in [0.25, 0.3) is 0 Å². The fourth-order valence-electron chi connectivity index (χ4n) is 2.58. The molecular weight excluding hydrogens is 228 g/mol. The van der Waals surface area contributed by atoms with E-state index >= 15 is 0 Å². The van der Waals surface area contributed by atoms with Crippen molar-refractivity contribution in [3.05, 3.63) is 0 Å². The molecule has 4 heteroatoms. The highest BCUT2D eigenvalue weighted by atomic mass is 16.5. The Bertz CT molecular complexity index is 292. The molecule has 104 valence electrons. The number of rotatable bonds is 6. The van der Waals surface area contributed by atoms with Gasteiger partial charge in [0.15, 0.2) is 0 Å². The smallest absolute Gasteiger partial charge is 0.322 e. The Hall–Kier alpha value is -0.900. The molecule has 1 aliphatic rings. The molecule has 4 atom stereocenters. The zero-order chi connectivity index (χ0) is 13.5. The van der Waals surface area contributed by atoms with Crippen molar-refractivity contribution in [1.82, 2.24) is 0 Å². The summed E-state index contributed by atoms with van der Waals surface area (Å²) < 4.78 is 4.65. The minimum Gasteiger partial charge on any atom is -0.468 e. The van der Waals surface area contributed by atoms with Crippen LogP contribution in [0.25, 0.3) is 0 Å². The number of nitrogens with two attached hydrogens (primary N) is 1. The molecule has 0 aromatic heterocycles. The highest BCUT2D eigenvalue weighted by Crippen LogP contribution is 2.27. The molecule has 0 aliphatic carbocycles. The first kappa shape index (κ1) is 15.2. The van der Waals surface area contributed by atoms with Gasteiger partial charge in [-0.3, -0.25) is 9.79 Å². The van der Waals surface area contributed by atoms with Crippen LogP contribution in [0, 0.1) is 11.8 Å². The third-order valence-corrected chi connectivity index (χ3v) is 3.73. The summed E-state index contributed by atoms with van der Waals surface area (Å²) in [4.78, 5) is 15.9. The summed E-state index contributed by atoms with van der Waals surface area (Å²) in [6.45, 7) is 4.45. The maximum atomic E-state index is 11.3. The molecule has 0 aromatic carbocycles. The molecule has 1 aliphatic heterocycles. The SMILES string of the molecule is CCCCC1N=CC(CC(N)C(=O)OC)CC1C. The fraction of sp³-hybridized carbons (Fsp3) is 0.857. The number of hydrogen-bond acceptors (Lipinski definition) is 4. The summed E-state index contributed by atoms with van der Waals surface area (Å²) in [5, 5.41) is 0. The van der Waals surface area contributed by atoms with Crippen molar-refractivity contribution in [2.75, 3.05) is 7.11 Å². The van der Waals surface area contributed by atoms with Crippen LogP contribution < -0.4 is 5.73 Å². The largest absolute Gasteiger partial charge is 0.468 e. The maximum absolute atomic E-state index is 11.3. The lowest BCUT2D eigenvalue weighted by Crippen LogP contribution is -2.36. The summed E-state index contributed by atoms with van der Waals surface area (Å²) in [7, 11) is 1.38. The Morgan fingerprint density at radius 1 is 1.61 bits per heavy atom. The van der Waals surface area contributed by atoms with Gasteiger partial charge in [0.05, 0.1) is 13.2 Å². The average molecular weight is 254 g/mol. The van der Waals surface area contributed by atoms with E-state index in [4.69, 9.17) is 5.73 Å². The van der Waals surface area contributed by atoms with E-state index in [1.54, 1.807) is 0 Å². The van der Waals surface area contributed by atoms with Crippen LogP contribution in [0.15, 0.2) is 4.99 Å². The van der Waals surface area contributed by atoms with Gasteiger partial charge in [-0.25, -0.2) is 0 Å². The molecule has 0 radical (unpaired) electrons. The van der Waals surface area contributed by atoms with E-state index < -0.39 is 6.04 Å². The summed E-state index contributed by atoms with van der Waals surface area (Å²) in [5.41, 5.74) is 5.78. The van der Waals surface area contributed by atoms with Crippen molar-refractivity contribution >= 4 is 12.2 Å². The van der Waals surface area contributed by atoms with Crippen LogP contribution in [0.3, 0.4) is 0 Å². The van der Waals surface area contributed by atoms with Gasteiger partial charge >= 0.3 is 5.97 Å². The Balaban J connectivity index is 2.45. The van der Waals surface area contributed by atoms with Gasteiger partial charge in [0, 0.05) is 6.21 Å². The predicted molar refractivity (Wildman–Crippen MR) is 73.7 cm³/mol. The van der Waals surface area contributed by atoms with Crippen LogP contribution >= 0.6 is 0 Å². The van der Waals surface area contributed by atoms with Crippen LogP contribution in [0.2, 0.25) is 0 Å². The molecule has 0 bridgehead atoms. The van der Waals surface area contributed by atoms with Gasteiger partial charge in [-0.15, -0.1) is 0 Å². The minimum absolute atomic E-state index is 0.312. The van der Waals surface area contributed by atoms with Crippen molar-refractivity contribution in [3.8, 4) is 0 Å². The van der Waals surface area contributed by atoms with Gasteiger partial charge in [-0.05, 0) is 31.1 Å². The summed E-state index contributed by atoms with van der Waals surface area (Å²) in [6, 6.07) is -0.0682. The molecule has 2 N–H and O–H groups in total. The second kappa shape index (κ2) is 7.52. The lowest BCUT2D eigenvalue weighted by Gasteiger charge is -2.29. The number of carbonyl (C=O) groups is 1. The molecule has 0 spiro atoms. The second-order valence-corrected chi connectivity index (χ2v) is 5.35. The average Bonchev–Trinajstić information content (AvgIpc) is 2.36. The first-order valence-electron chi connectivity index (χ1n) is 6.95. The molecule has 0 amide bonds. The Morgan fingerprint density at radius 2 is 2.33 bits per heavy atom. The van der Waals surface area contributed by atoms with Gasteiger partial charge in [-0.1, -0.05) is 26.7 Å².